The van der Waals surface area contributed by atoms with Crippen LogP contribution in [0.2, 0.25) is 0 Å². The Morgan fingerprint density at radius 1 is 1.07 bits per heavy atom. The lowest BCUT2D eigenvalue weighted by molar-refractivity contribution is 0.687. The van der Waals surface area contributed by atoms with E-state index in [0.717, 1.165) is 23.9 Å². The number of anilines is 1. The highest BCUT2D eigenvalue weighted by Crippen LogP contribution is 2.28. The average molecular weight is 200 g/mol. The molecule has 0 unspecified atom stereocenters. The molecule has 15 heavy (non-hydrogen) atoms. The van der Waals surface area contributed by atoms with Gasteiger partial charge in [0.15, 0.2) is 5.65 Å². The number of nitrogens with two attached hydrogens (primary N) is 1. The van der Waals surface area contributed by atoms with Crippen molar-refractivity contribution in [2.24, 2.45) is 0 Å². The maximum Gasteiger partial charge on any atom is 0.164 e. The van der Waals surface area contributed by atoms with Gasteiger partial charge >= 0.3 is 0 Å². The van der Waals surface area contributed by atoms with E-state index >= 15 is 0 Å². The van der Waals surface area contributed by atoms with Crippen molar-refractivity contribution in [2.45, 2.75) is 25.7 Å². The predicted molar refractivity (Wildman–Crippen MR) is 58.4 cm³/mol. The molecule has 0 spiro atoms. The molecule has 0 saturated carbocycles. The fourth-order valence-corrected chi connectivity index (χ4v) is 2.27. The second-order valence-corrected chi connectivity index (χ2v) is 3.93. The van der Waals surface area contributed by atoms with Crippen molar-refractivity contribution >= 4 is 16.9 Å². The Morgan fingerprint density at radius 2 is 1.93 bits per heavy atom. The van der Waals surface area contributed by atoms with E-state index in [2.05, 4.69) is 15.0 Å². The van der Waals surface area contributed by atoms with Crippen LogP contribution in [-0.2, 0) is 12.8 Å². The number of fused-ring (bicyclic) bond motifs is 3. The third-order valence-corrected chi connectivity index (χ3v) is 3.01. The van der Waals surface area contributed by atoms with E-state index in [9.17, 15) is 0 Å². The number of nitrogens with zero attached hydrogens (tertiary/aromatic N) is 3. The SMILES string of the molecule is Nc1ncnc2ncc3c(c12)CCCC3. The summed E-state index contributed by atoms with van der Waals surface area (Å²) in [6.45, 7) is 0. The first-order chi connectivity index (χ1) is 7.36. The van der Waals surface area contributed by atoms with E-state index in [0.29, 0.717) is 5.82 Å². The molecule has 4 nitrogen and oxygen atoms in total. The summed E-state index contributed by atoms with van der Waals surface area (Å²) < 4.78 is 0. The summed E-state index contributed by atoms with van der Waals surface area (Å²) in [5.74, 6) is 0.561. The number of hydrogen-bond donors (Lipinski definition) is 1. The van der Waals surface area contributed by atoms with Gasteiger partial charge in [0.1, 0.15) is 12.1 Å². The molecule has 0 saturated heterocycles. The lowest BCUT2D eigenvalue weighted by Gasteiger charge is -2.17. The van der Waals surface area contributed by atoms with Gasteiger partial charge in [-0.15, -0.1) is 0 Å². The van der Waals surface area contributed by atoms with Crippen LogP contribution in [0, 0.1) is 0 Å². The number of aryl methyl sites for hydroxylation is 2. The van der Waals surface area contributed by atoms with Crippen LogP contribution >= 0.6 is 0 Å². The second kappa shape index (κ2) is 3.15. The van der Waals surface area contributed by atoms with Gasteiger partial charge in [-0.05, 0) is 36.8 Å². The van der Waals surface area contributed by atoms with Gasteiger partial charge < -0.3 is 5.73 Å². The summed E-state index contributed by atoms with van der Waals surface area (Å²) in [5.41, 5.74) is 9.24. The van der Waals surface area contributed by atoms with Crippen LogP contribution in [0.25, 0.3) is 11.0 Å². The lowest BCUT2D eigenvalue weighted by atomic mass is 9.91. The van der Waals surface area contributed by atoms with Gasteiger partial charge in [0.05, 0.1) is 5.39 Å². The number of hydrogen-bond acceptors (Lipinski definition) is 4. The minimum Gasteiger partial charge on any atom is -0.383 e. The molecule has 0 atom stereocenters. The number of pyridine rings is 1. The van der Waals surface area contributed by atoms with Crippen molar-refractivity contribution in [1.82, 2.24) is 15.0 Å². The Hall–Kier alpha value is -1.71. The molecule has 2 aromatic rings. The molecule has 2 aromatic heterocycles. The normalized spacial score (nSPS) is 15.2. The molecule has 76 valence electrons. The van der Waals surface area contributed by atoms with Crippen molar-refractivity contribution in [1.29, 1.82) is 0 Å². The summed E-state index contributed by atoms with van der Waals surface area (Å²) >= 11 is 0. The van der Waals surface area contributed by atoms with Gasteiger partial charge in [-0.3, -0.25) is 0 Å². The lowest BCUT2D eigenvalue weighted by Crippen LogP contribution is -2.07. The van der Waals surface area contributed by atoms with Crippen molar-refractivity contribution in [3.8, 4) is 0 Å². The zero-order valence-electron chi connectivity index (χ0n) is 8.40. The molecule has 0 aliphatic heterocycles. The van der Waals surface area contributed by atoms with E-state index in [1.807, 2.05) is 6.20 Å². The zero-order chi connectivity index (χ0) is 10.3. The molecular weight excluding hydrogens is 188 g/mol. The fraction of sp³-hybridized carbons (Fsp3) is 0.364. The highest BCUT2D eigenvalue weighted by atomic mass is 15.0. The molecule has 0 aromatic carbocycles. The third-order valence-electron chi connectivity index (χ3n) is 3.01. The minimum atomic E-state index is 0.561. The van der Waals surface area contributed by atoms with Crippen LogP contribution in [-0.4, -0.2) is 15.0 Å². The van der Waals surface area contributed by atoms with Gasteiger partial charge in [0.25, 0.3) is 0 Å². The predicted octanol–water partition coefficient (Wildman–Crippen LogP) is 1.49. The highest BCUT2D eigenvalue weighted by Gasteiger charge is 2.15. The second-order valence-electron chi connectivity index (χ2n) is 3.93. The standard InChI is InChI=1S/C11H12N4/c12-10-9-8-4-2-1-3-7(8)5-13-11(9)15-6-14-10/h5-6H,1-4H2,(H2,12,13,14,15). The van der Waals surface area contributed by atoms with Crippen LogP contribution in [0.3, 0.4) is 0 Å². The Kier molecular flexibility index (Phi) is 1.80. The fourth-order valence-electron chi connectivity index (χ4n) is 2.27. The van der Waals surface area contributed by atoms with E-state index in [-0.39, 0.29) is 0 Å². The maximum absolute atomic E-state index is 5.89. The Morgan fingerprint density at radius 3 is 2.87 bits per heavy atom. The summed E-state index contributed by atoms with van der Waals surface area (Å²) in [6.07, 6.45) is 8.05. The van der Waals surface area contributed by atoms with Crippen molar-refractivity contribution in [2.75, 3.05) is 5.73 Å². The van der Waals surface area contributed by atoms with E-state index < -0.39 is 0 Å². The monoisotopic (exact) mass is 200 g/mol. The maximum atomic E-state index is 5.89. The average Bonchev–Trinajstić information content (AvgIpc) is 2.29. The third kappa shape index (κ3) is 1.25. The highest BCUT2D eigenvalue weighted by molar-refractivity contribution is 5.89. The smallest absolute Gasteiger partial charge is 0.164 e. The molecule has 0 bridgehead atoms. The van der Waals surface area contributed by atoms with E-state index in [4.69, 9.17) is 5.73 Å². The largest absolute Gasteiger partial charge is 0.383 e. The van der Waals surface area contributed by atoms with Gasteiger partial charge in [0, 0.05) is 6.20 Å². The van der Waals surface area contributed by atoms with Crippen LogP contribution in [0.4, 0.5) is 5.82 Å². The summed E-state index contributed by atoms with van der Waals surface area (Å²) in [6, 6.07) is 0. The molecule has 1 aliphatic rings. The molecule has 2 heterocycles. The molecule has 0 fully saturated rings. The molecule has 0 amide bonds. The Balaban J connectivity index is 2.39. The van der Waals surface area contributed by atoms with Crippen LogP contribution in [0.1, 0.15) is 24.0 Å². The molecule has 4 heteroatoms. The summed E-state index contributed by atoms with van der Waals surface area (Å²) in [5, 5.41) is 0.967. The van der Waals surface area contributed by atoms with Crippen molar-refractivity contribution in [3.63, 3.8) is 0 Å². The van der Waals surface area contributed by atoms with Crippen LogP contribution < -0.4 is 5.73 Å². The van der Waals surface area contributed by atoms with Crippen molar-refractivity contribution < 1.29 is 0 Å². The van der Waals surface area contributed by atoms with Crippen LogP contribution in [0.5, 0.6) is 0 Å². The van der Waals surface area contributed by atoms with Gasteiger partial charge in [-0.2, -0.15) is 0 Å². The van der Waals surface area contributed by atoms with Gasteiger partial charge in [-0.25, -0.2) is 15.0 Å². The van der Waals surface area contributed by atoms with Gasteiger partial charge in [-0.1, -0.05) is 0 Å². The zero-order valence-corrected chi connectivity index (χ0v) is 8.40. The van der Waals surface area contributed by atoms with Gasteiger partial charge in [0.2, 0.25) is 0 Å². The Bertz CT molecular complexity index is 521. The topological polar surface area (TPSA) is 64.7 Å². The van der Waals surface area contributed by atoms with E-state index in [1.54, 1.807) is 0 Å². The number of aromatic nitrogens is 3. The van der Waals surface area contributed by atoms with Crippen LogP contribution in [0.15, 0.2) is 12.5 Å². The first-order valence-corrected chi connectivity index (χ1v) is 5.23. The number of rotatable bonds is 0. The molecular formula is C11H12N4. The molecule has 3 rings (SSSR count). The Labute approximate surface area is 87.6 Å². The minimum absolute atomic E-state index is 0.561. The number of nitrogen functional groups attached to an aromatic ring is 1. The first-order valence-electron chi connectivity index (χ1n) is 5.23. The molecule has 2 N–H and O–H groups in total. The molecule has 1 aliphatic carbocycles. The van der Waals surface area contributed by atoms with E-state index in [1.165, 1.54) is 30.3 Å². The summed E-state index contributed by atoms with van der Waals surface area (Å²) in [7, 11) is 0. The molecule has 0 radical (unpaired) electrons. The van der Waals surface area contributed by atoms with Crippen molar-refractivity contribution in [3.05, 3.63) is 23.7 Å². The first kappa shape index (κ1) is 8.59. The quantitative estimate of drug-likeness (QED) is 0.699. The summed E-state index contributed by atoms with van der Waals surface area (Å²) in [4.78, 5) is 12.5.